The number of hydrogen-bond acceptors (Lipinski definition) is 2. The Labute approximate surface area is 195 Å². The van der Waals surface area contributed by atoms with Crippen molar-refractivity contribution in [3.8, 4) is 0 Å². The van der Waals surface area contributed by atoms with Crippen LogP contribution < -0.4 is 12.4 Å². The molecule has 1 aromatic rings. The summed E-state index contributed by atoms with van der Waals surface area (Å²) >= 11 is 0. The monoisotopic (exact) mass is 457 g/mol. The van der Waals surface area contributed by atoms with E-state index in [2.05, 4.69) is 51.4 Å². The molecule has 0 aliphatic carbocycles. The van der Waals surface area contributed by atoms with Crippen LogP contribution in [-0.4, -0.2) is 47.3 Å². The van der Waals surface area contributed by atoms with E-state index in [9.17, 15) is 9.59 Å². The van der Waals surface area contributed by atoms with E-state index in [1.54, 1.807) is 0 Å². The lowest BCUT2D eigenvalue weighted by Crippen LogP contribution is -3.00. The topological polar surface area (TPSA) is 74.6 Å². The molecule has 0 radical (unpaired) electrons. The molecule has 180 valence electrons. The van der Waals surface area contributed by atoms with Crippen LogP contribution >= 0.6 is 0 Å². The quantitative estimate of drug-likeness (QED) is 0.295. The van der Waals surface area contributed by atoms with Gasteiger partial charge in [-0.05, 0) is 12.8 Å². The first-order chi connectivity index (χ1) is 14.3. The summed E-state index contributed by atoms with van der Waals surface area (Å²) < 4.78 is 1.11. The number of nitrogens with zero attached hydrogens (tertiary/aromatic N) is 1. The predicted molar refractivity (Wildman–Crippen MR) is 123 cm³/mol. The first kappa shape index (κ1) is 31.6. The van der Waals surface area contributed by atoms with Crippen LogP contribution in [0.2, 0.25) is 0 Å². The molecule has 1 rings (SSSR count). The normalized spacial score (nSPS) is 10.5. The molecular weight excluding hydrogens is 414 g/mol. The third kappa shape index (κ3) is 22.9. The predicted octanol–water partition coefficient (Wildman–Crippen LogP) is 3.12. The molecule has 1 aromatic carbocycles. The maximum absolute atomic E-state index is 9.64. The van der Waals surface area contributed by atoms with Gasteiger partial charge >= 0.3 is 11.9 Å². The van der Waals surface area contributed by atoms with Crippen molar-refractivity contribution in [2.75, 3.05) is 20.6 Å². The van der Waals surface area contributed by atoms with Gasteiger partial charge in [0.15, 0.2) is 0 Å². The van der Waals surface area contributed by atoms with Crippen LogP contribution in [0.4, 0.5) is 0 Å². The van der Waals surface area contributed by atoms with Gasteiger partial charge in [0.05, 0.1) is 33.5 Å². The molecule has 0 fully saturated rings. The molecule has 0 amide bonds. The largest absolute Gasteiger partial charge is 1.00 e. The Balaban J connectivity index is 0. The average Bonchev–Trinajstić information content (AvgIpc) is 2.69. The molecule has 0 aliphatic rings. The van der Waals surface area contributed by atoms with E-state index in [-0.39, 0.29) is 25.2 Å². The Morgan fingerprint density at radius 3 is 1.58 bits per heavy atom. The summed E-state index contributed by atoms with van der Waals surface area (Å²) in [4.78, 5) is 19.3. The third-order valence-corrected chi connectivity index (χ3v) is 5.12. The van der Waals surface area contributed by atoms with Crippen molar-refractivity contribution in [1.82, 2.24) is 0 Å². The fourth-order valence-electron chi connectivity index (χ4n) is 3.40. The molecule has 0 spiro atoms. The summed E-state index contributed by atoms with van der Waals surface area (Å²) in [5, 5.41) is 15.8. The van der Waals surface area contributed by atoms with Gasteiger partial charge in [0, 0.05) is 5.56 Å². The number of carboxylic acids is 2. The van der Waals surface area contributed by atoms with Crippen LogP contribution in [0.25, 0.3) is 0 Å². The molecule has 0 saturated heterocycles. The van der Waals surface area contributed by atoms with Crippen molar-refractivity contribution in [2.45, 2.75) is 90.5 Å². The molecule has 2 N–H and O–H groups in total. The molecule has 5 nitrogen and oxygen atoms in total. The number of rotatable bonds is 16. The number of unbranched alkanes of at least 4 members (excludes halogenated alkanes) is 9. The summed E-state index contributed by atoms with van der Waals surface area (Å²) in [5.74, 6) is -2.15. The average molecular weight is 458 g/mol. The molecule has 0 heterocycles. The highest BCUT2D eigenvalue weighted by Crippen LogP contribution is 2.14. The SMILES string of the molecule is CCCCCCCCCCCC[N+](C)(C)Cc1ccccc1.O=C(O)CCC(=O)O.[Cl-]. The minimum atomic E-state index is -1.08. The fourth-order valence-corrected chi connectivity index (χ4v) is 3.40. The van der Waals surface area contributed by atoms with Crippen molar-refractivity contribution in [1.29, 1.82) is 0 Å². The lowest BCUT2D eigenvalue weighted by atomic mass is 10.1. The number of carboxylic acid groups (broad SMARTS) is 2. The molecule has 0 aromatic heterocycles. The van der Waals surface area contributed by atoms with Gasteiger partial charge in [0.1, 0.15) is 6.54 Å². The minimum absolute atomic E-state index is 0. The Morgan fingerprint density at radius 2 is 1.16 bits per heavy atom. The molecule has 0 unspecified atom stereocenters. The Morgan fingerprint density at radius 1 is 0.742 bits per heavy atom. The van der Waals surface area contributed by atoms with Crippen molar-refractivity contribution in [3.63, 3.8) is 0 Å². The van der Waals surface area contributed by atoms with Crippen LogP contribution in [0, 0.1) is 0 Å². The first-order valence-electron chi connectivity index (χ1n) is 11.6. The zero-order valence-corrected chi connectivity index (χ0v) is 20.6. The maximum Gasteiger partial charge on any atom is 0.303 e. The van der Waals surface area contributed by atoms with Crippen molar-refractivity contribution >= 4 is 11.9 Å². The maximum atomic E-state index is 9.64. The Kier molecular flexibility index (Phi) is 20.7. The Hall–Kier alpha value is -1.59. The van der Waals surface area contributed by atoms with E-state index < -0.39 is 11.9 Å². The number of benzene rings is 1. The number of hydrogen-bond donors (Lipinski definition) is 2. The lowest BCUT2D eigenvalue weighted by Gasteiger charge is -2.30. The van der Waals surface area contributed by atoms with Gasteiger partial charge in [-0.2, -0.15) is 0 Å². The summed E-state index contributed by atoms with van der Waals surface area (Å²) in [5.41, 5.74) is 1.46. The molecule has 31 heavy (non-hydrogen) atoms. The lowest BCUT2D eigenvalue weighted by molar-refractivity contribution is -0.903. The molecule has 0 atom stereocenters. The van der Waals surface area contributed by atoms with Crippen LogP contribution in [0.1, 0.15) is 89.5 Å². The van der Waals surface area contributed by atoms with E-state index in [4.69, 9.17) is 10.2 Å². The smallest absolute Gasteiger partial charge is 0.303 e. The third-order valence-electron chi connectivity index (χ3n) is 5.12. The van der Waals surface area contributed by atoms with E-state index in [1.807, 2.05) is 0 Å². The molecule has 0 aliphatic heterocycles. The van der Waals surface area contributed by atoms with E-state index in [0.29, 0.717) is 0 Å². The highest BCUT2D eigenvalue weighted by Gasteiger charge is 2.14. The van der Waals surface area contributed by atoms with Gasteiger partial charge in [-0.25, -0.2) is 0 Å². The zero-order valence-electron chi connectivity index (χ0n) is 19.8. The second kappa shape index (κ2) is 20.3. The Bertz CT molecular complexity index is 550. The van der Waals surface area contributed by atoms with E-state index >= 15 is 0 Å². The van der Waals surface area contributed by atoms with Crippen molar-refractivity contribution in [3.05, 3.63) is 35.9 Å². The molecular formula is C25H44ClNO4. The standard InChI is InChI=1S/C21H38N.C4H6O4.ClH/c1-4-5-6-7-8-9-10-11-12-16-19-22(2,3)20-21-17-14-13-15-18-21;5-3(6)1-2-4(7)8;/h13-15,17-18H,4-12,16,19-20H2,1-3H3;1-2H2,(H,5,6)(H,7,8);1H/q+1;;/p-1. The van der Waals surface area contributed by atoms with Gasteiger partial charge < -0.3 is 27.1 Å². The number of carbonyl (C=O) groups is 2. The van der Waals surface area contributed by atoms with E-state index in [1.165, 1.54) is 76.3 Å². The van der Waals surface area contributed by atoms with Gasteiger partial charge in [-0.1, -0.05) is 88.6 Å². The number of quaternary nitrogens is 1. The summed E-state index contributed by atoms with van der Waals surface area (Å²) in [7, 11) is 4.72. The summed E-state index contributed by atoms with van der Waals surface area (Å²) in [6.45, 7) is 4.74. The van der Waals surface area contributed by atoms with Crippen LogP contribution in [0.15, 0.2) is 30.3 Å². The van der Waals surface area contributed by atoms with Crippen LogP contribution in [0.3, 0.4) is 0 Å². The van der Waals surface area contributed by atoms with Gasteiger partial charge in [0.2, 0.25) is 0 Å². The van der Waals surface area contributed by atoms with Gasteiger partial charge in [-0.15, -0.1) is 0 Å². The van der Waals surface area contributed by atoms with Gasteiger partial charge in [-0.3, -0.25) is 9.59 Å². The second-order valence-electron chi connectivity index (χ2n) is 8.77. The first-order valence-corrected chi connectivity index (χ1v) is 11.6. The second-order valence-corrected chi connectivity index (χ2v) is 8.77. The van der Waals surface area contributed by atoms with E-state index in [0.717, 1.165) is 11.0 Å². The fraction of sp³-hybridized carbons (Fsp3) is 0.680. The highest BCUT2D eigenvalue weighted by molar-refractivity contribution is 5.75. The minimum Gasteiger partial charge on any atom is -1.00 e. The molecule has 6 heteroatoms. The van der Waals surface area contributed by atoms with Crippen molar-refractivity contribution < 1.29 is 36.7 Å². The highest BCUT2D eigenvalue weighted by atomic mass is 35.5. The van der Waals surface area contributed by atoms with Crippen molar-refractivity contribution in [2.24, 2.45) is 0 Å². The number of halogens is 1. The number of aliphatic carboxylic acids is 2. The summed E-state index contributed by atoms with van der Waals surface area (Å²) in [6, 6.07) is 10.9. The van der Waals surface area contributed by atoms with Crippen LogP contribution in [-0.2, 0) is 16.1 Å². The van der Waals surface area contributed by atoms with Crippen LogP contribution in [0.5, 0.6) is 0 Å². The molecule has 0 bridgehead atoms. The summed E-state index contributed by atoms with van der Waals surface area (Å²) in [6.07, 6.45) is 13.6. The van der Waals surface area contributed by atoms with Gasteiger partial charge in [0.25, 0.3) is 0 Å². The zero-order chi connectivity index (χ0) is 22.7. The molecule has 0 saturated carbocycles.